The van der Waals surface area contributed by atoms with Crippen LogP contribution in [0.3, 0.4) is 0 Å². The minimum absolute atomic E-state index is 0.172. The number of rotatable bonds is 11. The number of nitrogens with one attached hydrogen (secondary N) is 1. The summed E-state index contributed by atoms with van der Waals surface area (Å²) in [5.41, 5.74) is 1.14. The third kappa shape index (κ3) is 7.78. The summed E-state index contributed by atoms with van der Waals surface area (Å²) >= 11 is 0. The van der Waals surface area contributed by atoms with Crippen LogP contribution in [0.5, 0.6) is 5.75 Å². The number of ether oxygens (including phenoxy) is 1. The van der Waals surface area contributed by atoms with Crippen molar-refractivity contribution in [3.63, 3.8) is 0 Å². The number of carbonyl (C=O) groups excluding carboxylic acids is 2. The van der Waals surface area contributed by atoms with Gasteiger partial charge in [0.2, 0.25) is 21.8 Å². The van der Waals surface area contributed by atoms with Gasteiger partial charge in [0.1, 0.15) is 18.3 Å². The number of carbonyl (C=O) groups is 2. The topological polar surface area (TPSA) is 96.0 Å². The first-order valence-corrected chi connectivity index (χ1v) is 12.6. The van der Waals surface area contributed by atoms with Crippen LogP contribution in [0.15, 0.2) is 54.6 Å². The molecular formula is C24H33N3O5S. The first kappa shape index (κ1) is 26.2. The van der Waals surface area contributed by atoms with Gasteiger partial charge in [0.15, 0.2) is 0 Å². The van der Waals surface area contributed by atoms with Gasteiger partial charge in [-0.1, -0.05) is 50.2 Å². The Hall–Kier alpha value is -3.07. The molecule has 0 radical (unpaired) electrons. The highest BCUT2D eigenvalue weighted by Gasteiger charge is 2.30. The molecule has 0 spiro atoms. The number of sulfonamides is 1. The van der Waals surface area contributed by atoms with Crippen molar-refractivity contribution >= 4 is 27.5 Å². The Labute approximate surface area is 196 Å². The zero-order valence-electron chi connectivity index (χ0n) is 19.8. The van der Waals surface area contributed by atoms with Gasteiger partial charge in [-0.2, -0.15) is 0 Å². The third-order valence-electron chi connectivity index (χ3n) is 5.07. The zero-order chi connectivity index (χ0) is 24.6. The molecule has 2 amide bonds. The summed E-state index contributed by atoms with van der Waals surface area (Å²) in [6.07, 6.45) is 1.04. The van der Waals surface area contributed by atoms with Crippen LogP contribution >= 0.6 is 0 Å². The molecule has 9 heteroatoms. The summed E-state index contributed by atoms with van der Waals surface area (Å²) in [7, 11) is -2.30. The van der Waals surface area contributed by atoms with Gasteiger partial charge < -0.3 is 15.0 Å². The number of nitrogens with zero attached hydrogens (tertiary/aromatic N) is 2. The van der Waals surface area contributed by atoms with Crippen molar-refractivity contribution in [2.75, 3.05) is 30.8 Å². The Balaban J connectivity index is 2.35. The van der Waals surface area contributed by atoms with E-state index in [0.29, 0.717) is 18.0 Å². The Kier molecular flexibility index (Phi) is 9.28. The van der Waals surface area contributed by atoms with Crippen LogP contribution in [0.25, 0.3) is 0 Å². The quantitative estimate of drug-likeness (QED) is 0.539. The molecule has 2 rings (SSSR count). The monoisotopic (exact) mass is 475 g/mol. The molecule has 180 valence electrons. The average molecular weight is 476 g/mol. The predicted octanol–water partition coefficient (Wildman–Crippen LogP) is 2.65. The molecule has 0 fully saturated rings. The van der Waals surface area contributed by atoms with E-state index >= 15 is 0 Å². The van der Waals surface area contributed by atoms with Crippen LogP contribution in [-0.2, 0) is 26.2 Å². The van der Waals surface area contributed by atoms with Crippen molar-refractivity contribution < 1.29 is 22.7 Å². The Morgan fingerprint density at radius 3 is 2.27 bits per heavy atom. The molecule has 0 saturated carbocycles. The lowest BCUT2D eigenvalue weighted by molar-refractivity contribution is -0.139. The molecule has 1 atom stereocenters. The fraction of sp³-hybridized carbons (Fsp3) is 0.417. The number of methoxy groups -OCH3 is 1. The summed E-state index contributed by atoms with van der Waals surface area (Å²) in [4.78, 5) is 27.6. The largest absolute Gasteiger partial charge is 0.497 e. The van der Waals surface area contributed by atoms with Gasteiger partial charge in [0.05, 0.1) is 19.1 Å². The van der Waals surface area contributed by atoms with Crippen molar-refractivity contribution in [1.29, 1.82) is 0 Å². The summed E-state index contributed by atoms with van der Waals surface area (Å²) in [6, 6.07) is 15.0. The predicted molar refractivity (Wildman–Crippen MR) is 129 cm³/mol. The van der Waals surface area contributed by atoms with Crippen LogP contribution in [0.1, 0.15) is 26.3 Å². The van der Waals surface area contributed by atoms with Crippen LogP contribution < -0.4 is 14.4 Å². The van der Waals surface area contributed by atoms with Crippen LogP contribution in [0.4, 0.5) is 5.69 Å². The second kappa shape index (κ2) is 11.7. The fourth-order valence-corrected chi connectivity index (χ4v) is 4.04. The molecule has 0 aliphatic rings. The summed E-state index contributed by atoms with van der Waals surface area (Å²) in [5.74, 6) is -0.0519. The molecule has 1 N–H and O–H groups in total. The lowest BCUT2D eigenvalue weighted by Crippen LogP contribution is -2.51. The molecule has 2 aromatic rings. The third-order valence-corrected chi connectivity index (χ3v) is 6.21. The molecule has 2 aromatic carbocycles. The van der Waals surface area contributed by atoms with Crippen LogP contribution in [0.2, 0.25) is 0 Å². The van der Waals surface area contributed by atoms with E-state index in [1.807, 2.05) is 44.2 Å². The highest BCUT2D eigenvalue weighted by molar-refractivity contribution is 7.92. The highest BCUT2D eigenvalue weighted by Crippen LogP contribution is 2.23. The van der Waals surface area contributed by atoms with Gasteiger partial charge in [-0.25, -0.2) is 8.42 Å². The summed E-state index contributed by atoms with van der Waals surface area (Å²) in [5, 5.41) is 2.85. The molecular weight excluding hydrogens is 442 g/mol. The van der Waals surface area contributed by atoms with Gasteiger partial charge >= 0.3 is 0 Å². The number of benzene rings is 2. The molecule has 0 aromatic heterocycles. The standard InChI is InChI=1S/C24H33N3O5S/c1-18(2)15-25-24(29)19(3)26(16-20-10-7-6-8-11-20)23(28)17-27(33(5,30)31)21-12-9-13-22(14-21)32-4/h6-14,18-19H,15-17H2,1-5H3,(H,25,29)/t19-/m0/s1. The molecule has 8 nitrogen and oxygen atoms in total. The Morgan fingerprint density at radius 1 is 1.03 bits per heavy atom. The van der Waals surface area contributed by atoms with Crippen molar-refractivity contribution in [1.82, 2.24) is 10.2 Å². The number of hydrogen-bond acceptors (Lipinski definition) is 5. The first-order valence-electron chi connectivity index (χ1n) is 10.8. The van der Waals surface area contributed by atoms with Crippen molar-refractivity contribution in [2.24, 2.45) is 5.92 Å². The second-order valence-electron chi connectivity index (χ2n) is 8.29. The fourth-order valence-electron chi connectivity index (χ4n) is 3.19. The van der Waals surface area contributed by atoms with E-state index in [0.717, 1.165) is 16.1 Å². The Bertz CT molecular complexity index is 1040. The number of hydrogen-bond donors (Lipinski definition) is 1. The summed E-state index contributed by atoms with van der Waals surface area (Å²) < 4.78 is 31.3. The molecule has 0 aliphatic carbocycles. The zero-order valence-corrected chi connectivity index (χ0v) is 20.6. The van der Waals surface area contributed by atoms with E-state index in [1.54, 1.807) is 31.2 Å². The van der Waals surface area contributed by atoms with E-state index < -0.39 is 28.5 Å². The maximum absolute atomic E-state index is 13.4. The van der Waals surface area contributed by atoms with Crippen molar-refractivity contribution in [2.45, 2.75) is 33.4 Å². The Morgan fingerprint density at radius 2 is 1.70 bits per heavy atom. The SMILES string of the molecule is COc1cccc(N(CC(=O)N(Cc2ccccc2)[C@@H](C)C(=O)NCC(C)C)S(C)(=O)=O)c1. The van der Waals surface area contributed by atoms with Gasteiger partial charge in [-0.05, 0) is 30.5 Å². The lowest BCUT2D eigenvalue weighted by atomic mass is 10.1. The number of anilines is 1. The lowest BCUT2D eigenvalue weighted by Gasteiger charge is -2.31. The molecule has 0 saturated heterocycles. The van der Waals surface area contributed by atoms with Crippen LogP contribution in [0, 0.1) is 5.92 Å². The summed E-state index contributed by atoms with van der Waals surface area (Å²) in [6.45, 7) is 5.82. The van der Waals surface area contributed by atoms with Gasteiger partial charge in [0.25, 0.3) is 0 Å². The van der Waals surface area contributed by atoms with Gasteiger partial charge in [0, 0.05) is 19.2 Å². The molecule has 0 bridgehead atoms. The highest BCUT2D eigenvalue weighted by atomic mass is 32.2. The normalized spacial score (nSPS) is 12.2. The first-order chi connectivity index (χ1) is 15.5. The van der Waals surface area contributed by atoms with Crippen molar-refractivity contribution in [3.8, 4) is 5.75 Å². The maximum Gasteiger partial charge on any atom is 0.244 e. The van der Waals surface area contributed by atoms with E-state index in [4.69, 9.17) is 4.74 Å². The van der Waals surface area contributed by atoms with Gasteiger partial charge in [-0.15, -0.1) is 0 Å². The maximum atomic E-state index is 13.4. The minimum atomic E-state index is -3.78. The smallest absolute Gasteiger partial charge is 0.244 e. The molecule has 0 unspecified atom stereocenters. The van der Waals surface area contributed by atoms with Gasteiger partial charge in [-0.3, -0.25) is 13.9 Å². The van der Waals surface area contributed by atoms with E-state index in [-0.39, 0.29) is 18.4 Å². The molecule has 0 aliphatic heterocycles. The van der Waals surface area contributed by atoms with E-state index in [2.05, 4.69) is 5.32 Å². The van der Waals surface area contributed by atoms with Crippen molar-refractivity contribution in [3.05, 3.63) is 60.2 Å². The number of amides is 2. The average Bonchev–Trinajstić information content (AvgIpc) is 2.78. The molecule has 0 heterocycles. The second-order valence-corrected chi connectivity index (χ2v) is 10.2. The minimum Gasteiger partial charge on any atom is -0.497 e. The van der Waals surface area contributed by atoms with E-state index in [1.165, 1.54) is 12.0 Å². The van der Waals surface area contributed by atoms with Crippen LogP contribution in [-0.4, -0.2) is 57.6 Å². The molecule has 33 heavy (non-hydrogen) atoms. The van der Waals surface area contributed by atoms with E-state index in [9.17, 15) is 18.0 Å².